The molecule has 1 aromatic heterocycles. The topological polar surface area (TPSA) is 17.8 Å². The second-order valence-corrected chi connectivity index (χ2v) is 3.53. The van der Waals surface area contributed by atoms with Crippen molar-refractivity contribution < 1.29 is 0 Å². The van der Waals surface area contributed by atoms with Crippen molar-refractivity contribution in [3.8, 4) is 0 Å². The third-order valence-corrected chi connectivity index (χ3v) is 2.75. The van der Waals surface area contributed by atoms with E-state index in [2.05, 4.69) is 32.8 Å². The van der Waals surface area contributed by atoms with Crippen molar-refractivity contribution in [2.45, 2.75) is 40.0 Å². The summed E-state index contributed by atoms with van der Waals surface area (Å²) in [7, 11) is 2.01. The van der Waals surface area contributed by atoms with Crippen LogP contribution in [0.5, 0.6) is 0 Å². The summed E-state index contributed by atoms with van der Waals surface area (Å²) in [5.41, 5.74) is 3.90. The second-order valence-electron chi connectivity index (χ2n) is 3.53. The summed E-state index contributed by atoms with van der Waals surface area (Å²) in [6.45, 7) is 8.71. The minimum Gasteiger partial charge on any atom is -0.272 e. The van der Waals surface area contributed by atoms with E-state index in [4.69, 9.17) is 0 Å². The Morgan fingerprint density at radius 2 is 2.00 bits per heavy atom. The minimum absolute atomic E-state index is 0.588. The molecule has 0 bridgehead atoms. The van der Waals surface area contributed by atoms with Crippen LogP contribution in [0.15, 0.2) is 0 Å². The zero-order valence-corrected chi connectivity index (χ0v) is 8.68. The lowest BCUT2D eigenvalue weighted by Crippen LogP contribution is -1.96. The second kappa shape index (κ2) is 3.30. The Morgan fingerprint density at radius 3 is 2.33 bits per heavy atom. The van der Waals surface area contributed by atoms with Gasteiger partial charge in [0.05, 0.1) is 5.69 Å². The standard InChI is InChI=1S/C10H18N2/c1-6-7(2)10-8(3)9(4)12(5)11-10/h7H,6H2,1-5H3. The van der Waals surface area contributed by atoms with Crippen LogP contribution in [0.3, 0.4) is 0 Å². The van der Waals surface area contributed by atoms with E-state index >= 15 is 0 Å². The minimum atomic E-state index is 0.588. The summed E-state index contributed by atoms with van der Waals surface area (Å²) in [4.78, 5) is 0. The van der Waals surface area contributed by atoms with Crippen LogP contribution in [0.4, 0.5) is 0 Å². The van der Waals surface area contributed by atoms with E-state index in [0.717, 1.165) is 6.42 Å². The normalized spacial score (nSPS) is 13.4. The molecule has 1 aromatic rings. The summed E-state index contributed by atoms with van der Waals surface area (Å²) in [6, 6.07) is 0. The molecule has 1 rings (SSSR count). The lowest BCUT2D eigenvalue weighted by molar-refractivity contribution is 0.658. The van der Waals surface area contributed by atoms with Crippen LogP contribution in [-0.2, 0) is 7.05 Å². The third-order valence-electron chi connectivity index (χ3n) is 2.75. The third kappa shape index (κ3) is 1.38. The van der Waals surface area contributed by atoms with Gasteiger partial charge in [-0.15, -0.1) is 0 Å². The molecule has 68 valence electrons. The van der Waals surface area contributed by atoms with Crippen molar-refractivity contribution in [2.75, 3.05) is 0 Å². The van der Waals surface area contributed by atoms with Crippen LogP contribution >= 0.6 is 0 Å². The van der Waals surface area contributed by atoms with Crippen LogP contribution in [0.25, 0.3) is 0 Å². The monoisotopic (exact) mass is 166 g/mol. The smallest absolute Gasteiger partial charge is 0.0684 e. The van der Waals surface area contributed by atoms with E-state index in [1.54, 1.807) is 0 Å². The van der Waals surface area contributed by atoms with Gasteiger partial charge in [0.2, 0.25) is 0 Å². The highest BCUT2D eigenvalue weighted by atomic mass is 15.3. The molecule has 0 saturated heterocycles. The van der Waals surface area contributed by atoms with Gasteiger partial charge in [-0.1, -0.05) is 13.8 Å². The Hall–Kier alpha value is -0.790. The molecule has 2 nitrogen and oxygen atoms in total. The van der Waals surface area contributed by atoms with E-state index in [1.165, 1.54) is 17.0 Å². The predicted molar refractivity (Wildman–Crippen MR) is 51.4 cm³/mol. The van der Waals surface area contributed by atoms with Gasteiger partial charge in [-0.3, -0.25) is 4.68 Å². The number of aromatic nitrogens is 2. The fourth-order valence-electron chi connectivity index (χ4n) is 1.40. The molecule has 12 heavy (non-hydrogen) atoms. The molecule has 0 radical (unpaired) electrons. The Labute approximate surface area is 74.6 Å². The highest BCUT2D eigenvalue weighted by molar-refractivity contribution is 5.25. The summed E-state index contributed by atoms with van der Waals surface area (Å²) in [6.07, 6.45) is 1.16. The largest absolute Gasteiger partial charge is 0.272 e. The molecule has 0 saturated carbocycles. The zero-order valence-electron chi connectivity index (χ0n) is 8.68. The first-order valence-electron chi connectivity index (χ1n) is 4.58. The van der Waals surface area contributed by atoms with Gasteiger partial charge in [0.15, 0.2) is 0 Å². The van der Waals surface area contributed by atoms with Gasteiger partial charge in [-0.05, 0) is 25.8 Å². The fraction of sp³-hybridized carbons (Fsp3) is 0.700. The van der Waals surface area contributed by atoms with E-state index in [1.807, 2.05) is 11.7 Å². The van der Waals surface area contributed by atoms with E-state index < -0.39 is 0 Å². The van der Waals surface area contributed by atoms with Gasteiger partial charge < -0.3 is 0 Å². The zero-order chi connectivity index (χ0) is 9.30. The molecule has 0 aromatic carbocycles. The Balaban J connectivity index is 3.08. The summed E-state index contributed by atoms with van der Waals surface area (Å²) < 4.78 is 1.97. The van der Waals surface area contributed by atoms with Crippen molar-refractivity contribution in [1.29, 1.82) is 0 Å². The first-order valence-corrected chi connectivity index (χ1v) is 4.58. The van der Waals surface area contributed by atoms with Crippen molar-refractivity contribution in [1.82, 2.24) is 9.78 Å². The highest BCUT2D eigenvalue weighted by Crippen LogP contribution is 2.22. The van der Waals surface area contributed by atoms with Crippen molar-refractivity contribution >= 4 is 0 Å². The number of rotatable bonds is 2. The summed E-state index contributed by atoms with van der Waals surface area (Å²) in [5.74, 6) is 0.588. The maximum Gasteiger partial charge on any atom is 0.0684 e. The highest BCUT2D eigenvalue weighted by Gasteiger charge is 2.13. The molecule has 0 amide bonds. The molecule has 0 aliphatic carbocycles. The van der Waals surface area contributed by atoms with Crippen LogP contribution in [0.1, 0.15) is 43.1 Å². The van der Waals surface area contributed by atoms with Crippen molar-refractivity contribution in [2.24, 2.45) is 7.05 Å². The van der Waals surface area contributed by atoms with Gasteiger partial charge >= 0.3 is 0 Å². The first kappa shape index (κ1) is 9.30. The first-order chi connectivity index (χ1) is 5.57. The Morgan fingerprint density at radius 1 is 1.42 bits per heavy atom. The van der Waals surface area contributed by atoms with Crippen LogP contribution in [0, 0.1) is 13.8 Å². The van der Waals surface area contributed by atoms with Gasteiger partial charge in [0, 0.05) is 18.7 Å². The molecular formula is C10H18N2. The van der Waals surface area contributed by atoms with Crippen LogP contribution in [0.2, 0.25) is 0 Å². The summed E-state index contributed by atoms with van der Waals surface area (Å²) in [5, 5.41) is 4.50. The van der Waals surface area contributed by atoms with E-state index in [9.17, 15) is 0 Å². The maximum absolute atomic E-state index is 4.50. The predicted octanol–water partition coefficient (Wildman–Crippen LogP) is 2.55. The van der Waals surface area contributed by atoms with Gasteiger partial charge in [-0.2, -0.15) is 5.10 Å². The average Bonchev–Trinajstić information content (AvgIpc) is 2.32. The maximum atomic E-state index is 4.50. The average molecular weight is 166 g/mol. The molecular weight excluding hydrogens is 148 g/mol. The molecule has 1 unspecified atom stereocenters. The quantitative estimate of drug-likeness (QED) is 0.660. The number of aryl methyl sites for hydroxylation is 1. The Kier molecular flexibility index (Phi) is 2.55. The van der Waals surface area contributed by atoms with Gasteiger partial charge in [-0.25, -0.2) is 0 Å². The Bertz CT molecular complexity index is 274. The summed E-state index contributed by atoms with van der Waals surface area (Å²) >= 11 is 0. The molecule has 1 atom stereocenters. The molecule has 1 heterocycles. The van der Waals surface area contributed by atoms with Gasteiger partial charge in [0.25, 0.3) is 0 Å². The van der Waals surface area contributed by atoms with Crippen molar-refractivity contribution in [3.05, 3.63) is 17.0 Å². The molecule has 0 aliphatic rings. The molecule has 0 N–H and O–H groups in total. The SMILES string of the molecule is CCC(C)c1nn(C)c(C)c1C. The van der Waals surface area contributed by atoms with Gasteiger partial charge in [0.1, 0.15) is 0 Å². The van der Waals surface area contributed by atoms with Crippen molar-refractivity contribution in [3.63, 3.8) is 0 Å². The lowest BCUT2D eigenvalue weighted by atomic mass is 10.0. The molecule has 0 spiro atoms. The number of hydrogen-bond acceptors (Lipinski definition) is 1. The van der Waals surface area contributed by atoms with E-state index in [-0.39, 0.29) is 0 Å². The molecule has 0 fully saturated rings. The molecule has 2 heteroatoms. The van der Waals surface area contributed by atoms with Crippen LogP contribution in [-0.4, -0.2) is 9.78 Å². The lowest BCUT2D eigenvalue weighted by Gasteiger charge is -2.04. The van der Waals surface area contributed by atoms with E-state index in [0.29, 0.717) is 5.92 Å². The molecule has 0 aliphatic heterocycles. The fourth-order valence-corrected chi connectivity index (χ4v) is 1.40. The number of nitrogens with zero attached hydrogens (tertiary/aromatic N) is 2. The number of hydrogen-bond donors (Lipinski definition) is 0. The van der Waals surface area contributed by atoms with Crippen LogP contribution < -0.4 is 0 Å².